The molecule has 186 valence electrons. The Kier molecular flexibility index (Phi) is 6.69. The van der Waals surface area contributed by atoms with E-state index in [1.165, 1.54) is 28.0 Å². The maximum Gasteiger partial charge on any atom is 0.435 e. The molecule has 1 saturated heterocycles. The van der Waals surface area contributed by atoms with Crippen molar-refractivity contribution in [3.63, 3.8) is 0 Å². The van der Waals surface area contributed by atoms with E-state index in [4.69, 9.17) is 0 Å². The number of thiophene rings is 1. The Morgan fingerprint density at radius 3 is 2.14 bits per heavy atom. The van der Waals surface area contributed by atoms with E-state index in [0.29, 0.717) is 37.1 Å². The molecule has 1 aliphatic heterocycles. The second-order valence-corrected chi connectivity index (χ2v) is 10.4. The van der Waals surface area contributed by atoms with Crippen LogP contribution in [0, 0.1) is 0 Å². The third-order valence-corrected chi connectivity index (χ3v) is 8.13. The van der Waals surface area contributed by atoms with E-state index in [9.17, 15) is 35.5 Å². The largest absolute Gasteiger partial charge is 0.435 e. The lowest BCUT2D eigenvalue weighted by atomic mass is 9.90. The van der Waals surface area contributed by atoms with E-state index >= 15 is 0 Å². The van der Waals surface area contributed by atoms with Gasteiger partial charge in [-0.05, 0) is 52.1 Å². The number of carbonyl (C=O) groups is 1. The Balaban J connectivity index is 1.72. The van der Waals surface area contributed by atoms with Crippen LogP contribution in [-0.2, 0) is 15.2 Å². The molecule has 0 bridgehead atoms. The van der Waals surface area contributed by atoms with Gasteiger partial charge in [0.1, 0.15) is 0 Å². The van der Waals surface area contributed by atoms with Crippen molar-refractivity contribution in [1.82, 2.24) is 4.90 Å². The topological polar surface area (TPSA) is 20.3 Å². The van der Waals surface area contributed by atoms with Gasteiger partial charge < -0.3 is 4.90 Å². The second-order valence-electron chi connectivity index (χ2n) is 8.19. The molecule has 1 aliphatic rings. The van der Waals surface area contributed by atoms with Gasteiger partial charge >= 0.3 is 18.0 Å². The zero-order chi connectivity index (χ0) is 25.5. The van der Waals surface area contributed by atoms with Gasteiger partial charge in [0.05, 0.1) is 4.75 Å². The number of thioether (sulfide) groups is 1. The highest BCUT2D eigenvalue weighted by molar-refractivity contribution is 8.00. The maximum absolute atomic E-state index is 14.5. The summed E-state index contributed by atoms with van der Waals surface area (Å²) in [4.78, 5) is 13.7. The van der Waals surface area contributed by atoms with Crippen LogP contribution in [0.3, 0.4) is 0 Å². The van der Waals surface area contributed by atoms with E-state index in [1.54, 1.807) is 0 Å². The van der Waals surface area contributed by atoms with Gasteiger partial charge in [0.25, 0.3) is 0 Å². The predicted molar refractivity (Wildman–Crippen MR) is 121 cm³/mol. The zero-order valence-corrected chi connectivity index (χ0v) is 19.5. The lowest BCUT2D eigenvalue weighted by Gasteiger charge is -2.32. The number of hydrogen-bond donors (Lipinski definition) is 0. The average Bonchev–Trinajstić information content (AvgIpc) is 3.48. The molecule has 2 nitrogen and oxygen atoms in total. The lowest BCUT2D eigenvalue weighted by Crippen LogP contribution is -2.50. The van der Waals surface area contributed by atoms with Crippen LogP contribution in [0.15, 0.2) is 70.3 Å². The van der Waals surface area contributed by atoms with Crippen molar-refractivity contribution in [3.05, 3.63) is 76.5 Å². The highest BCUT2D eigenvalue weighted by atomic mass is 32.2. The van der Waals surface area contributed by atoms with Gasteiger partial charge in [-0.2, -0.15) is 37.7 Å². The third kappa shape index (κ3) is 4.67. The van der Waals surface area contributed by atoms with Crippen molar-refractivity contribution < 1.29 is 35.5 Å². The van der Waals surface area contributed by atoms with Gasteiger partial charge in [0, 0.05) is 23.5 Å². The summed E-state index contributed by atoms with van der Waals surface area (Å²) in [7, 11) is 0. The number of hydrogen-bond acceptors (Lipinski definition) is 3. The molecule has 1 atom stereocenters. The number of benzene rings is 2. The molecule has 2 aromatic carbocycles. The van der Waals surface area contributed by atoms with Crippen molar-refractivity contribution in [3.8, 4) is 11.1 Å². The molecule has 0 radical (unpaired) electrons. The quantitative estimate of drug-likeness (QED) is 0.241. The van der Waals surface area contributed by atoms with Crippen molar-refractivity contribution in [2.24, 2.45) is 0 Å². The molecule has 35 heavy (non-hydrogen) atoms. The SMILES string of the molecule is O=CN1CCC(Sc2cccc(-c3ccsc3)c2)(c2ccc(C(F)(C(F)(F)F)C(F)(F)F)cc2)C1. The summed E-state index contributed by atoms with van der Waals surface area (Å²) >= 11 is 2.91. The molecule has 11 heteroatoms. The fourth-order valence-corrected chi connectivity index (χ4v) is 6.29. The first kappa shape index (κ1) is 25.6. The Morgan fingerprint density at radius 1 is 0.914 bits per heavy atom. The van der Waals surface area contributed by atoms with E-state index in [1.807, 2.05) is 41.1 Å². The number of nitrogens with zero attached hydrogens (tertiary/aromatic N) is 1. The maximum atomic E-state index is 14.5. The Hall–Kier alpha value is -2.53. The second kappa shape index (κ2) is 9.16. The lowest BCUT2D eigenvalue weighted by molar-refractivity contribution is -0.348. The summed E-state index contributed by atoms with van der Waals surface area (Å²) in [6.07, 6.45) is -11.3. The number of likely N-dealkylation sites (tertiary alicyclic amines) is 1. The van der Waals surface area contributed by atoms with Crippen LogP contribution in [0.1, 0.15) is 17.5 Å². The van der Waals surface area contributed by atoms with Gasteiger partial charge in [-0.1, -0.05) is 36.4 Å². The molecule has 0 aliphatic carbocycles. The predicted octanol–water partition coefficient (Wildman–Crippen LogP) is 7.55. The first-order chi connectivity index (χ1) is 16.4. The molecular formula is C24H18F7NOS2. The monoisotopic (exact) mass is 533 g/mol. The Morgan fingerprint density at radius 2 is 1.60 bits per heavy atom. The molecule has 2 heterocycles. The zero-order valence-electron chi connectivity index (χ0n) is 17.9. The molecule has 1 amide bonds. The molecule has 0 saturated carbocycles. The van der Waals surface area contributed by atoms with Gasteiger partial charge in [-0.15, -0.1) is 11.8 Å². The van der Waals surface area contributed by atoms with Crippen LogP contribution in [0.25, 0.3) is 11.1 Å². The van der Waals surface area contributed by atoms with Gasteiger partial charge in [-0.3, -0.25) is 4.79 Å². The minimum absolute atomic E-state index is 0.197. The number of amides is 1. The fraction of sp³-hybridized carbons (Fsp3) is 0.292. The number of carbonyl (C=O) groups excluding carboxylic acids is 1. The van der Waals surface area contributed by atoms with Gasteiger partial charge in [0.15, 0.2) is 0 Å². The number of halogens is 7. The van der Waals surface area contributed by atoms with E-state index in [-0.39, 0.29) is 6.54 Å². The minimum atomic E-state index is -6.18. The normalized spacial score (nSPS) is 19.2. The van der Waals surface area contributed by atoms with Crippen molar-refractivity contribution >= 4 is 29.5 Å². The summed E-state index contributed by atoms with van der Waals surface area (Å²) in [6, 6.07) is 12.8. The molecule has 3 aromatic rings. The van der Waals surface area contributed by atoms with E-state index < -0.39 is 28.3 Å². The van der Waals surface area contributed by atoms with Gasteiger partial charge in [0.2, 0.25) is 6.41 Å². The summed E-state index contributed by atoms with van der Waals surface area (Å²) in [5.74, 6) is 0. The van der Waals surface area contributed by atoms with Crippen LogP contribution in [0.4, 0.5) is 30.7 Å². The average molecular weight is 534 g/mol. The minimum Gasteiger partial charge on any atom is -0.343 e. The smallest absolute Gasteiger partial charge is 0.343 e. The Labute approximate surface area is 204 Å². The highest BCUT2D eigenvalue weighted by Crippen LogP contribution is 2.54. The molecule has 1 unspecified atom stereocenters. The molecule has 1 aromatic heterocycles. The van der Waals surface area contributed by atoms with Crippen molar-refractivity contribution in [1.29, 1.82) is 0 Å². The first-order valence-electron chi connectivity index (χ1n) is 10.3. The molecular weight excluding hydrogens is 515 g/mol. The first-order valence-corrected chi connectivity index (χ1v) is 12.1. The molecule has 4 rings (SSSR count). The van der Waals surface area contributed by atoms with Crippen LogP contribution < -0.4 is 0 Å². The summed E-state index contributed by atoms with van der Waals surface area (Å²) < 4.78 is 92.6. The molecule has 0 N–H and O–H groups in total. The third-order valence-electron chi connectivity index (χ3n) is 6.00. The summed E-state index contributed by atoms with van der Waals surface area (Å²) in [6.45, 7) is 0.559. The number of rotatable bonds is 6. The van der Waals surface area contributed by atoms with Crippen LogP contribution in [-0.4, -0.2) is 36.8 Å². The number of alkyl halides is 7. The summed E-state index contributed by atoms with van der Waals surface area (Å²) in [5.41, 5.74) is -4.66. The van der Waals surface area contributed by atoms with E-state index in [2.05, 4.69) is 0 Å². The fourth-order valence-electron chi connectivity index (χ4n) is 4.16. The van der Waals surface area contributed by atoms with Crippen LogP contribution in [0.5, 0.6) is 0 Å². The van der Waals surface area contributed by atoms with Crippen LogP contribution in [0.2, 0.25) is 0 Å². The van der Waals surface area contributed by atoms with Crippen molar-refractivity contribution in [2.45, 2.75) is 34.1 Å². The standard InChI is InChI=1S/C24H18F7NOS2/c25-22(23(26,27)28,24(29,30)31)19-6-4-18(5-7-19)21(9-10-32(14-21)15-33)35-20-3-1-2-16(12-20)17-8-11-34-13-17/h1-8,11-13,15H,9-10,14H2. The summed E-state index contributed by atoms with van der Waals surface area (Å²) in [5, 5.41) is 3.91. The van der Waals surface area contributed by atoms with Gasteiger partial charge in [-0.25, -0.2) is 4.39 Å². The Bertz CT molecular complexity index is 1160. The van der Waals surface area contributed by atoms with Crippen LogP contribution >= 0.6 is 23.1 Å². The highest BCUT2D eigenvalue weighted by Gasteiger charge is 2.73. The molecule has 0 spiro atoms. The van der Waals surface area contributed by atoms with E-state index in [0.717, 1.165) is 28.2 Å². The van der Waals surface area contributed by atoms with Crippen molar-refractivity contribution in [2.75, 3.05) is 13.1 Å². The molecule has 1 fully saturated rings.